The van der Waals surface area contributed by atoms with Gasteiger partial charge >= 0.3 is 0 Å². The van der Waals surface area contributed by atoms with Gasteiger partial charge in [-0.25, -0.2) is 9.97 Å². The average molecular weight is 390 g/mol. The first-order valence-corrected chi connectivity index (χ1v) is 10.1. The first-order valence-electron chi connectivity index (χ1n) is 10.1. The van der Waals surface area contributed by atoms with E-state index in [1.165, 1.54) is 12.8 Å². The minimum atomic E-state index is -0.509. The van der Waals surface area contributed by atoms with Crippen LogP contribution in [0, 0.1) is 5.41 Å². The van der Waals surface area contributed by atoms with Gasteiger partial charge in [-0.05, 0) is 25.0 Å². The zero-order chi connectivity index (χ0) is 20.6. The standard InChI is InChI=1S/C23H26N4O2/c1-23(2,3)20(28)17-12-24-21-19(17)27-18(13-25-21)14-7-6-8-15(11-14)22(29)26-16-9-4-5-10-16/h6-8,11-13,16H,4-5,9-10H2,1-3H3,(H,24,25)(H,26,29). The molecule has 0 saturated heterocycles. The molecule has 2 aromatic heterocycles. The third-order valence-electron chi connectivity index (χ3n) is 5.42. The molecule has 1 fully saturated rings. The molecular formula is C23H26N4O2. The first kappa shape index (κ1) is 19.3. The molecule has 4 rings (SSSR count). The number of hydrogen-bond acceptors (Lipinski definition) is 4. The van der Waals surface area contributed by atoms with Crippen LogP contribution in [0.3, 0.4) is 0 Å². The Morgan fingerprint density at radius 1 is 1.17 bits per heavy atom. The Morgan fingerprint density at radius 3 is 2.66 bits per heavy atom. The second-order valence-corrected chi connectivity index (χ2v) is 8.77. The van der Waals surface area contributed by atoms with Crippen molar-refractivity contribution in [1.29, 1.82) is 0 Å². The van der Waals surface area contributed by atoms with Crippen molar-refractivity contribution in [3.63, 3.8) is 0 Å². The molecular weight excluding hydrogens is 364 g/mol. The molecule has 1 saturated carbocycles. The summed E-state index contributed by atoms with van der Waals surface area (Å²) < 4.78 is 0. The van der Waals surface area contributed by atoms with E-state index in [9.17, 15) is 9.59 Å². The number of fused-ring (bicyclic) bond motifs is 1. The molecule has 3 aromatic rings. The van der Waals surface area contributed by atoms with Gasteiger partial charge in [-0.15, -0.1) is 0 Å². The molecule has 6 nitrogen and oxygen atoms in total. The summed E-state index contributed by atoms with van der Waals surface area (Å²) >= 11 is 0. The van der Waals surface area contributed by atoms with Crippen LogP contribution in [0.15, 0.2) is 36.7 Å². The smallest absolute Gasteiger partial charge is 0.251 e. The molecule has 6 heteroatoms. The van der Waals surface area contributed by atoms with Gasteiger partial charge in [-0.1, -0.05) is 45.7 Å². The number of aromatic nitrogens is 3. The van der Waals surface area contributed by atoms with Gasteiger partial charge in [0.05, 0.1) is 17.5 Å². The number of ketones is 1. The minimum absolute atomic E-state index is 0.0138. The van der Waals surface area contributed by atoms with Gasteiger partial charge < -0.3 is 10.3 Å². The highest BCUT2D eigenvalue weighted by Crippen LogP contribution is 2.27. The highest BCUT2D eigenvalue weighted by Gasteiger charge is 2.26. The van der Waals surface area contributed by atoms with Crippen LogP contribution in [-0.4, -0.2) is 32.7 Å². The lowest BCUT2D eigenvalue weighted by Crippen LogP contribution is -2.32. The minimum Gasteiger partial charge on any atom is -0.349 e. The molecule has 29 heavy (non-hydrogen) atoms. The first-order chi connectivity index (χ1) is 13.8. The van der Waals surface area contributed by atoms with Gasteiger partial charge in [0.1, 0.15) is 5.52 Å². The molecule has 1 aliphatic carbocycles. The summed E-state index contributed by atoms with van der Waals surface area (Å²) in [4.78, 5) is 37.5. The highest BCUT2D eigenvalue weighted by molar-refractivity contribution is 6.08. The van der Waals surface area contributed by atoms with Gasteiger partial charge in [0.15, 0.2) is 11.4 Å². The quantitative estimate of drug-likeness (QED) is 0.641. The van der Waals surface area contributed by atoms with Gasteiger partial charge in [0.25, 0.3) is 5.91 Å². The number of nitrogens with one attached hydrogen (secondary N) is 2. The van der Waals surface area contributed by atoms with Crippen molar-refractivity contribution in [3.8, 4) is 11.3 Å². The lowest BCUT2D eigenvalue weighted by atomic mass is 9.87. The molecule has 2 heterocycles. The predicted octanol–water partition coefficient (Wildman–Crippen LogP) is 4.53. The van der Waals surface area contributed by atoms with E-state index in [4.69, 9.17) is 4.98 Å². The molecule has 0 unspecified atom stereocenters. The lowest BCUT2D eigenvalue weighted by Gasteiger charge is -2.15. The molecule has 1 amide bonds. The summed E-state index contributed by atoms with van der Waals surface area (Å²) in [6.07, 6.45) is 7.78. The van der Waals surface area contributed by atoms with E-state index in [2.05, 4.69) is 15.3 Å². The SMILES string of the molecule is CC(C)(C)C(=O)c1c[nH]c2ncc(-c3cccc(C(=O)NC4CCCC4)c3)nc12. The van der Waals surface area contributed by atoms with Gasteiger partial charge in [0, 0.05) is 28.8 Å². The van der Waals surface area contributed by atoms with E-state index in [-0.39, 0.29) is 17.7 Å². The Balaban J connectivity index is 1.66. The lowest BCUT2D eigenvalue weighted by molar-refractivity contribution is 0.0859. The van der Waals surface area contributed by atoms with Crippen LogP contribution >= 0.6 is 0 Å². The maximum Gasteiger partial charge on any atom is 0.251 e. The van der Waals surface area contributed by atoms with Crippen molar-refractivity contribution in [2.45, 2.75) is 52.5 Å². The maximum absolute atomic E-state index is 12.8. The van der Waals surface area contributed by atoms with E-state index in [1.807, 2.05) is 45.0 Å². The molecule has 150 valence electrons. The second kappa shape index (κ2) is 7.43. The summed E-state index contributed by atoms with van der Waals surface area (Å²) in [6, 6.07) is 7.67. The molecule has 1 aromatic carbocycles. The van der Waals surface area contributed by atoms with E-state index in [1.54, 1.807) is 12.4 Å². The summed E-state index contributed by atoms with van der Waals surface area (Å²) in [5, 5.41) is 3.12. The number of carbonyl (C=O) groups is 2. The molecule has 0 spiro atoms. The summed E-state index contributed by atoms with van der Waals surface area (Å²) in [7, 11) is 0. The summed E-state index contributed by atoms with van der Waals surface area (Å²) in [5.74, 6) is -0.0436. The molecule has 0 radical (unpaired) electrons. The number of rotatable bonds is 4. The fourth-order valence-electron chi connectivity index (χ4n) is 3.77. The number of Topliss-reactive ketones (excluding diaryl/α,β-unsaturated/α-hetero) is 1. The van der Waals surface area contributed by atoms with Gasteiger partial charge in [-0.3, -0.25) is 9.59 Å². The van der Waals surface area contributed by atoms with Crippen molar-refractivity contribution < 1.29 is 9.59 Å². The van der Waals surface area contributed by atoms with E-state index < -0.39 is 5.41 Å². The maximum atomic E-state index is 12.8. The van der Waals surface area contributed by atoms with Crippen molar-refractivity contribution in [2.24, 2.45) is 5.41 Å². The third-order valence-corrected chi connectivity index (χ3v) is 5.42. The van der Waals surface area contributed by atoms with Crippen LogP contribution in [0.1, 0.15) is 67.2 Å². The normalized spacial score (nSPS) is 15.0. The molecule has 2 N–H and O–H groups in total. The Kier molecular flexibility index (Phi) is 4.94. The molecule has 0 aliphatic heterocycles. The fraction of sp³-hybridized carbons (Fsp3) is 0.391. The highest BCUT2D eigenvalue weighted by atomic mass is 16.1. The van der Waals surface area contributed by atoms with Crippen LogP contribution < -0.4 is 5.32 Å². The number of carbonyl (C=O) groups excluding carboxylic acids is 2. The topological polar surface area (TPSA) is 87.7 Å². The van der Waals surface area contributed by atoms with Gasteiger partial charge in [-0.2, -0.15) is 0 Å². The Bertz CT molecular complexity index is 1070. The number of hydrogen-bond donors (Lipinski definition) is 2. The van der Waals surface area contributed by atoms with Gasteiger partial charge in [0.2, 0.25) is 0 Å². The zero-order valence-corrected chi connectivity index (χ0v) is 17.1. The predicted molar refractivity (Wildman–Crippen MR) is 113 cm³/mol. The van der Waals surface area contributed by atoms with Crippen LogP contribution in [0.25, 0.3) is 22.4 Å². The van der Waals surface area contributed by atoms with Crippen LogP contribution in [-0.2, 0) is 0 Å². The number of nitrogens with zero attached hydrogens (tertiary/aromatic N) is 2. The summed E-state index contributed by atoms with van der Waals surface area (Å²) in [6.45, 7) is 5.66. The van der Waals surface area contributed by atoms with Crippen LogP contribution in [0.5, 0.6) is 0 Å². The van der Waals surface area contributed by atoms with Crippen molar-refractivity contribution in [3.05, 3.63) is 47.8 Å². The number of benzene rings is 1. The van der Waals surface area contributed by atoms with Crippen LogP contribution in [0.2, 0.25) is 0 Å². The van der Waals surface area contributed by atoms with E-state index in [0.717, 1.165) is 18.4 Å². The Labute approximate surface area is 170 Å². The van der Waals surface area contributed by atoms with Crippen molar-refractivity contribution in [1.82, 2.24) is 20.3 Å². The second-order valence-electron chi connectivity index (χ2n) is 8.77. The monoisotopic (exact) mass is 390 g/mol. The Morgan fingerprint density at radius 2 is 1.93 bits per heavy atom. The zero-order valence-electron chi connectivity index (χ0n) is 17.1. The fourth-order valence-corrected chi connectivity index (χ4v) is 3.77. The average Bonchev–Trinajstić information content (AvgIpc) is 3.35. The van der Waals surface area contributed by atoms with Crippen LogP contribution in [0.4, 0.5) is 0 Å². The molecule has 0 bridgehead atoms. The molecule has 0 atom stereocenters. The van der Waals surface area contributed by atoms with E-state index >= 15 is 0 Å². The van der Waals surface area contributed by atoms with Crippen molar-refractivity contribution in [2.75, 3.05) is 0 Å². The largest absolute Gasteiger partial charge is 0.349 e. The summed E-state index contributed by atoms with van der Waals surface area (Å²) in [5.41, 5.74) is 3.21. The number of H-pyrrole nitrogens is 1. The number of aromatic amines is 1. The number of amides is 1. The van der Waals surface area contributed by atoms with Crippen molar-refractivity contribution >= 4 is 22.9 Å². The Hall–Kier alpha value is -3.02. The molecule has 1 aliphatic rings. The third kappa shape index (κ3) is 3.92. The van der Waals surface area contributed by atoms with E-state index in [0.29, 0.717) is 28.0 Å².